The van der Waals surface area contributed by atoms with E-state index >= 15 is 0 Å². The van der Waals surface area contributed by atoms with Gasteiger partial charge in [-0.1, -0.05) is 0 Å². The molecule has 0 atom stereocenters. The molecule has 0 radical (unpaired) electrons. The zero-order valence-electron chi connectivity index (χ0n) is 9.37. The highest BCUT2D eigenvalue weighted by Gasteiger charge is 2.08. The van der Waals surface area contributed by atoms with Gasteiger partial charge in [0.25, 0.3) is 5.56 Å². The number of methoxy groups -OCH3 is 1. The Bertz CT molecular complexity index is 616. The zero-order valence-corrected chi connectivity index (χ0v) is 11.5. The lowest BCUT2D eigenvalue weighted by atomic mass is 10.1. The van der Waals surface area contributed by atoms with E-state index in [0.717, 1.165) is 25.8 Å². The Balaban J connectivity index is 2.96. The molecule has 0 aliphatic carbocycles. The van der Waals surface area contributed by atoms with Gasteiger partial charge in [0.1, 0.15) is 5.75 Å². The summed E-state index contributed by atoms with van der Waals surface area (Å²) in [6.45, 7) is 1.84. The molecule has 0 saturated carbocycles. The van der Waals surface area contributed by atoms with Crippen molar-refractivity contribution >= 4 is 33.5 Å². The largest absolute Gasteiger partial charge is 0.497 e. The summed E-state index contributed by atoms with van der Waals surface area (Å²) >= 11 is 2.26. The lowest BCUT2D eigenvalue weighted by molar-refractivity contribution is 0.415. The van der Waals surface area contributed by atoms with Crippen LogP contribution in [0.2, 0.25) is 0 Å². The van der Waals surface area contributed by atoms with Crippen LogP contribution in [0.15, 0.2) is 23.0 Å². The number of hydrogen-bond acceptors (Lipinski definition) is 2. The van der Waals surface area contributed by atoms with E-state index < -0.39 is 0 Å². The first-order chi connectivity index (χ1) is 7.54. The number of aryl methyl sites for hydroxylation is 2. The molecule has 0 aliphatic rings. The lowest BCUT2D eigenvalue weighted by Gasteiger charge is -2.10. The Kier molecular flexibility index (Phi) is 2.92. The van der Waals surface area contributed by atoms with Gasteiger partial charge in [0, 0.05) is 27.6 Å². The van der Waals surface area contributed by atoms with E-state index in [4.69, 9.17) is 4.74 Å². The Morgan fingerprint density at radius 3 is 2.62 bits per heavy atom. The molecule has 1 heterocycles. The minimum absolute atomic E-state index is 0.0385. The van der Waals surface area contributed by atoms with Gasteiger partial charge in [-0.25, -0.2) is 0 Å². The second kappa shape index (κ2) is 4.08. The number of pyridine rings is 1. The maximum Gasteiger partial charge on any atom is 0.253 e. The monoisotopic (exact) mass is 329 g/mol. The number of halogens is 1. The highest BCUT2D eigenvalue weighted by atomic mass is 127. The van der Waals surface area contributed by atoms with Crippen LogP contribution in [-0.4, -0.2) is 11.7 Å². The van der Waals surface area contributed by atoms with Crippen LogP contribution >= 0.6 is 22.6 Å². The number of benzene rings is 1. The second-order valence-electron chi connectivity index (χ2n) is 3.73. The molecule has 0 amide bonds. The molecule has 0 fully saturated rings. The molecule has 84 valence electrons. The molecule has 3 nitrogen and oxygen atoms in total. The van der Waals surface area contributed by atoms with Crippen molar-refractivity contribution in [3.05, 3.63) is 37.7 Å². The summed E-state index contributed by atoms with van der Waals surface area (Å²) in [7, 11) is 3.41. The first-order valence-corrected chi connectivity index (χ1v) is 5.96. The standard InChI is InChI=1S/C12H12INO2/c1-7-4-9-10(13)5-8(16-3)6-11(9)14(2)12(7)15/h4-6H,1-3H3. The molecule has 2 rings (SSSR count). The highest BCUT2D eigenvalue weighted by Crippen LogP contribution is 2.25. The van der Waals surface area contributed by atoms with Crippen molar-refractivity contribution in [2.24, 2.45) is 7.05 Å². The first kappa shape index (κ1) is 11.4. The number of rotatable bonds is 1. The van der Waals surface area contributed by atoms with E-state index in [1.165, 1.54) is 0 Å². The highest BCUT2D eigenvalue weighted by molar-refractivity contribution is 14.1. The van der Waals surface area contributed by atoms with E-state index in [0.29, 0.717) is 0 Å². The van der Waals surface area contributed by atoms with E-state index in [-0.39, 0.29) is 5.56 Å². The van der Waals surface area contributed by atoms with Crippen molar-refractivity contribution in [3.8, 4) is 5.75 Å². The zero-order chi connectivity index (χ0) is 11.9. The summed E-state index contributed by atoms with van der Waals surface area (Å²) in [6.07, 6.45) is 0. The van der Waals surface area contributed by atoms with Gasteiger partial charge in [-0.05, 0) is 41.6 Å². The molecule has 0 saturated heterocycles. The summed E-state index contributed by atoms with van der Waals surface area (Å²) in [5, 5.41) is 1.08. The molecule has 16 heavy (non-hydrogen) atoms. The van der Waals surface area contributed by atoms with E-state index in [1.54, 1.807) is 18.7 Å². The number of nitrogens with zero attached hydrogens (tertiary/aromatic N) is 1. The summed E-state index contributed by atoms with van der Waals surface area (Å²) < 4.78 is 7.96. The van der Waals surface area contributed by atoms with Crippen molar-refractivity contribution in [2.45, 2.75) is 6.92 Å². The summed E-state index contributed by atoms with van der Waals surface area (Å²) in [5.41, 5.74) is 1.70. The van der Waals surface area contributed by atoms with Crippen LogP contribution in [-0.2, 0) is 7.05 Å². The fraction of sp³-hybridized carbons (Fsp3) is 0.250. The number of aromatic nitrogens is 1. The van der Waals surface area contributed by atoms with Gasteiger partial charge in [0.05, 0.1) is 12.6 Å². The van der Waals surface area contributed by atoms with Gasteiger partial charge in [-0.15, -0.1) is 0 Å². The topological polar surface area (TPSA) is 31.2 Å². The minimum atomic E-state index is 0.0385. The van der Waals surface area contributed by atoms with Crippen molar-refractivity contribution in [1.82, 2.24) is 4.57 Å². The molecular formula is C12H12INO2. The summed E-state index contributed by atoms with van der Waals surface area (Å²) in [6, 6.07) is 5.78. The molecule has 0 aliphatic heterocycles. The molecule has 0 unspecified atom stereocenters. The van der Waals surface area contributed by atoms with Gasteiger partial charge in [0.2, 0.25) is 0 Å². The molecular weight excluding hydrogens is 317 g/mol. The normalized spacial score (nSPS) is 10.8. The van der Waals surface area contributed by atoms with E-state index in [1.807, 2.05) is 25.1 Å². The molecule has 0 spiro atoms. The third-order valence-corrected chi connectivity index (χ3v) is 3.57. The molecule has 0 bridgehead atoms. The number of hydrogen-bond donors (Lipinski definition) is 0. The van der Waals surface area contributed by atoms with Gasteiger partial charge >= 0.3 is 0 Å². The first-order valence-electron chi connectivity index (χ1n) is 4.88. The van der Waals surface area contributed by atoms with Crippen LogP contribution in [0.4, 0.5) is 0 Å². The number of fused-ring (bicyclic) bond motifs is 1. The maximum atomic E-state index is 11.8. The van der Waals surface area contributed by atoms with Gasteiger partial charge in [-0.2, -0.15) is 0 Å². The van der Waals surface area contributed by atoms with Gasteiger partial charge in [-0.3, -0.25) is 4.79 Å². The van der Waals surface area contributed by atoms with Gasteiger partial charge < -0.3 is 9.30 Å². The Hall–Kier alpha value is -1.04. The molecule has 0 N–H and O–H groups in total. The van der Waals surface area contributed by atoms with Crippen molar-refractivity contribution < 1.29 is 4.74 Å². The molecule has 1 aromatic heterocycles. The predicted molar refractivity (Wildman–Crippen MR) is 73.2 cm³/mol. The Morgan fingerprint density at radius 2 is 2.00 bits per heavy atom. The fourth-order valence-corrected chi connectivity index (χ4v) is 2.51. The maximum absolute atomic E-state index is 11.8. The van der Waals surface area contributed by atoms with Crippen LogP contribution in [0.3, 0.4) is 0 Å². The van der Waals surface area contributed by atoms with Crippen LogP contribution in [0, 0.1) is 10.5 Å². The van der Waals surface area contributed by atoms with Crippen LogP contribution in [0.25, 0.3) is 10.9 Å². The fourth-order valence-electron chi connectivity index (χ4n) is 1.77. The average molecular weight is 329 g/mol. The third kappa shape index (κ3) is 1.71. The van der Waals surface area contributed by atoms with Gasteiger partial charge in [0.15, 0.2) is 0 Å². The quantitative estimate of drug-likeness (QED) is 0.753. The van der Waals surface area contributed by atoms with Crippen LogP contribution < -0.4 is 10.3 Å². The van der Waals surface area contributed by atoms with Crippen molar-refractivity contribution in [2.75, 3.05) is 7.11 Å². The molecule has 4 heteroatoms. The summed E-state index contributed by atoms with van der Waals surface area (Å²) in [4.78, 5) is 11.8. The minimum Gasteiger partial charge on any atom is -0.497 e. The second-order valence-corrected chi connectivity index (χ2v) is 4.90. The Morgan fingerprint density at radius 1 is 1.31 bits per heavy atom. The summed E-state index contributed by atoms with van der Waals surface area (Å²) in [5.74, 6) is 0.774. The van der Waals surface area contributed by atoms with Crippen molar-refractivity contribution in [3.63, 3.8) is 0 Å². The van der Waals surface area contributed by atoms with E-state index in [9.17, 15) is 4.79 Å². The van der Waals surface area contributed by atoms with Crippen LogP contribution in [0.5, 0.6) is 5.75 Å². The lowest BCUT2D eigenvalue weighted by Crippen LogP contribution is -2.19. The van der Waals surface area contributed by atoms with Crippen LogP contribution in [0.1, 0.15) is 5.56 Å². The molecule has 1 aromatic carbocycles. The number of ether oxygens (including phenoxy) is 1. The molecule has 2 aromatic rings. The SMILES string of the molecule is COc1cc(I)c2cc(C)c(=O)n(C)c2c1. The average Bonchev–Trinajstić information content (AvgIpc) is 2.27. The third-order valence-electron chi connectivity index (χ3n) is 2.68. The van der Waals surface area contributed by atoms with E-state index in [2.05, 4.69) is 22.6 Å². The van der Waals surface area contributed by atoms with Crippen molar-refractivity contribution in [1.29, 1.82) is 0 Å². The smallest absolute Gasteiger partial charge is 0.253 e. The predicted octanol–water partition coefficient (Wildman–Crippen LogP) is 2.46. The Labute approximate surface area is 107 Å².